The van der Waals surface area contributed by atoms with Crippen LogP contribution in [0.1, 0.15) is 18.0 Å². The lowest BCUT2D eigenvalue weighted by atomic mass is 9.99. The van der Waals surface area contributed by atoms with Gasteiger partial charge >= 0.3 is 0 Å². The molecule has 1 aromatic heterocycles. The summed E-state index contributed by atoms with van der Waals surface area (Å²) in [7, 11) is 2.07. The third kappa shape index (κ3) is 2.34. The molecule has 1 aromatic carbocycles. The summed E-state index contributed by atoms with van der Waals surface area (Å²) < 4.78 is 16.0. The van der Waals surface area contributed by atoms with E-state index < -0.39 is 0 Å². The van der Waals surface area contributed by atoms with E-state index in [1.807, 2.05) is 12.1 Å². The van der Waals surface area contributed by atoms with Gasteiger partial charge in [0.25, 0.3) is 0 Å². The molecule has 2 aromatic rings. The van der Waals surface area contributed by atoms with E-state index >= 15 is 0 Å². The van der Waals surface area contributed by atoms with Crippen molar-refractivity contribution < 1.29 is 4.39 Å². The Morgan fingerprint density at radius 3 is 2.90 bits per heavy atom. The second-order valence-electron chi connectivity index (χ2n) is 5.47. The number of halogens is 1. The number of hydrogen-bond acceptors (Lipinski definition) is 3. The van der Waals surface area contributed by atoms with E-state index in [1.54, 1.807) is 29.4 Å². The van der Waals surface area contributed by atoms with Gasteiger partial charge in [0.2, 0.25) is 0 Å². The third-order valence-electron chi connectivity index (χ3n) is 4.11. The summed E-state index contributed by atoms with van der Waals surface area (Å²) >= 11 is 0. The van der Waals surface area contributed by atoms with Gasteiger partial charge in [-0.1, -0.05) is 6.07 Å². The number of imidazole rings is 1. The molecule has 1 saturated heterocycles. The number of nitrogens with zero attached hydrogens (tertiary/aromatic N) is 3. The molecule has 2 N–H and O–H groups in total. The molecule has 5 heteroatoms. The maximum Gasteiger partial charge on any atom is 0.147 e. The van der Waals surface area contributed by atoms with E-state index in [2.05, 4.69) is 16.9 Å². The molecule has 1 aliphatic rings. The molecule has 20 heavy (non-hydrogen) atoms. The quantitative estimate of drug-likeness (QED) is 0.930. The van der Waals surface area contributed by atoms with Crippen LogP contribution in [0.3, 0.4) is 0 Å². The van der Waals surface area contributed by atoms with Crippen molar-refractivity contribution in [2.75, 3.05) is 20.1 Å². The van der Waals surface area contributed by atoms with E-state index in [0.717, 1.165) is 18.5 Å². The Hall–Kier alpha value is -1.72. The fourth-order valence-electron chi connectivity index (χ4n) is 3.01. The normalized spacial score (nSPS) is 23.4. The summed E-state index contributed by atoms with van der Waals surface area (Å²) in [6, 6.07) is 5.71. The highest BCUT2D eigenvalue weighted by atomic mass is 19.1. The highest BCUT2D eigenvalue weighted by Crippen LogP contribution is 2.34. The zero-order chi connectivity index (χ0) is 14.1. The van der Waals surface area contributed by atoms with Crippen LogP contribution in [-0.4, -0.2) is 34.6 Å². The highest BCUT2D eigenvalue weighted by molar-refractivity contribution is 5.37. The maximum atomic E-state index is 14.3. The van der Waals surface area contributed by atoms with Crippen LogP contribution in [0.25, 0.3) is 5.69 Å². The van der Waals surface area contributed by atoms with E-state index in [0.29, 0.717) is 18.2 Å². The summed E-state index contributed by atoms with van der Waals surface area (Å²) in [6.07, 6.45) is 5.98. The van der Waals surface area contributed by atoms with E-state index in [1.165, 1.54) is 0 Å². The lowest BCUT2D eigenvalue weighted by molar-refractivity contribution is 0.313. The molecule has 2 atom stereocenters. The highest BCUT2D eigenvalue weighted by Gasteiger charge is 2.30. The van der Waals surface area contributed by atoms with Crippen LogP contribution in [0.4, 0.5) is 4.39 Å². The lowest BCUT2D eigenvalue weighted by Gasteiger charge is -2.20. The standard InChI is InChI=1S/C15H19FN4/c1-19-9-11(8-17)6-15(19)12-2-3-14(13(16)7-12)20-5-4-18-10-20/h2-5,7,10-11,15H,6,8-9,17H2,1H3. The van der Waals surface area contributed by atoms with E-state index in [9.17, 15) is 4.39 Å². The minimum Gasteiger partial charge on any atom is -0.330 e. The van der Waals surface area contributed by atoms with Crippen LogP contribution in [0.2, 0.25) is 0 Å². The molecule has 0 amide bonds. The van der Waals surface area contributed by atoms with Gasteiger partial charge in [-0.15, -0.1) is 0 Å². The molecule has 2 heterocycles. The third-order valence-corrected chi connectivity index (χ3v) is 4.11. The Morgan fingerprint density at radius 1 is 1.45 bits per heavy atom. The van der Waals surface area contributed by atoms with Crippen LogP contribution in [-0.2, 0) is 0 Å². The summed E-state index contributed by atoms with van der Waals surface area (Å²) in [5, 5.41) is 0. The van der Waals surface area contributed by atoms with E-state index in [-0.39, 0.29) is 11.9 Å². The fraction of sp³-hybridized carbons (Fsp3) is 0.400. The first-order chi connectivity index (χ1) is 9.69. The van der Waals surface area contributed by atoms with Gasteiger partial charge in [0.15, 0.2) is 0 Å². The predicted octanol–water partition coefficient (Wildman–Crippen LogP) is 1.96. The average molecular weight is 274 g/mol. The van der Waals surface area contributed by atoms with Crippen molar-refractivity contribution in [2.45, 2.75) is 12.5 Å². The Kier molecular flexibility index (Phi) is 3.54. The number of aromatic nitrogens is 2. The Morgan fingerprint density at radius 2 is 2.30 bits per heavy atom. The summed E-state index contributed by atoms with van der Waals surface area (Å²) in [5.74, 6) is 0.284. The molecular weight excluding hydrogens is 255 g/mol. The molecule has 0 radical (unpaired) electrons. The van der Waals surface area contributed by atoms with Gasteiger partial charge in [0.1, 0.15) is 5.82 Å². The summed E-state index contributed by atoms with van der Waals surface area (Å²) in [6.45, 7) is 1.67. The SMILES string of the molecule is CN1CC(CN)CC1c1ccc(-n2ccnc2)c(F)c1. The minimum atomic E-state index is -0.218. The molecular formula is C15H19FN4. The first-order valence-electron chi connectivity index (χ1n) is 6.87. The van der Waals surface area contributed by atoms with Gasteiger partial charge in [-0.2, -0.15) is 0 Å². The molecule has 3 rings (SSSR count). The van der Waals surface area contributed by atoms with E-state index in [4.69, 9.17) is 5.73 Å². The van der Waals surface area contributed by atoms with Crippen molar-refractivity contribution in [1.29, 1.82) is 0 Å². The van der Waals surface area contributed by atoms with Crippen molar-refractivity contribution in [2.24, 2.45) is 11.7 Å². The number of benzene rings is 1. The first kappa shape index (κ1) is 13.3. The number of likely N-dealkylation sites (tertiary alicyclic amines) is 1. The molecule has 0 saturated carbocycles. The largest absolute Gasteiger partial charge is 0.330 e. The number of rotatable bonds is 3. The maximum absolute atomic E-state index is 14.3. The molecule has 2 unspecified atom stereocenters. The molecule has 4 nitrogen and oxygen atoms in total. The Labute approximate surface area is 118 Å². The van der Waals surface area contributed by atoms with Crippen LogP contribution >= 0.6 is 0 Å². The fourth-order valence-corrected chi connectivity index (χ4v) is 3.01. The van der Waals surface area contributed by atoms with Crippen molar-refractivity contribution in [3.63, 3.8) is 0 Å². The van der Waals surface area contributed by atoms with Gasteiger partial charge in [-0.3, -0.25) is 4.90 Å². The number of hydrogen-bond donors (Lipinski definition) is 1. The van der Waals surface area contributed by atoms with Gasteiger partial charge in [-0.05, 0) is 43.6 Å². The smallest absolute Gasteiger partial charge is 0.147 e. The van der Waals surface area contributed by atoms with Gasteiger partial charge < -0.3 is 10.3 Å². The Bertz CT molecular complexity index is 582. The molecule has 1 aliphatic heterocycles. The lowest BCUT2D eigenvalue weighted by Crippen LogP contribution is -2.20. The summed E-state index contributed by atoms with van der Waals surface area (Å²) in [4.78, 5) is 6.20. The van der Waals surface area contributed by atoms with Crippen molar-refractivity contribution in [3.05, 3.63) is 48.3 Å². The van der Waals surface area contributed by atoms with Crippen molar-refractivity contribution in [3.8, 4) is 5.69 Å². The Balaban J connectivity index is 1.88. The molecule has 1 fully saturated rings. The predicted molar refractivity (Wildman–Crippen MR) is 76.1 cm³/mol. The monoisotopic (exact) mass is 274 g/mol. The zero-order valence-corrected chi connectivity index (χ0v) is 11.5. The zero-order valence-electron chi connectivity index (χ0n) is 11.5. The molecule has 0 spiro atoms. The first-order valence-corrected chi connectivity index (χ1v) is 6.87. The van der Waals surface area contributed by atoms with Crippen LogP contribution < -0.4 is 5.73 Å². The second-order valence-corrected chi connectivity index (χ2v) is 5.47. The molecule has 106 valence electrons. The van der Waals surface area contributed by atoms with Crippen molar-refractivity contribution in [1.82, 2.24) is 14.5 Å². The molecule has 0 aliphatic carbocycles. The number of nitrogens with two attached hydrogens (primary N) is 1. The van der Waals surface area contributed by atoms with Crippen LogP contribution in [0, 0.1) is 11.7 Å². The topological polar surface area (TPSA) is 47.1 Å². The van der Waals surface area contributed by atoms with Gasteiger partial charge in [-0.25, -0.2) is 9.37 Å². The average Bonchev–Trinajstić information content (AvgIpc) is 3.07. The van der Waals surface area contributed by atoms with Gasteiger partial charge in [0, 0.05) is 25.0 Å². The molecule has 0 bridgehead atoms. The van der Waals surface area contributed by atoms with Crippen molar-refractivity contribution >= 4 is 0 Å². The second kappa shape index (κ2) is 5.34. The van der Waals surface area contributed by atoms with Crippen LogP contribution in [0.15, 0.2) is 36.9 Å². The van der Waals surface area contributed by atoms with Crippen LogP contribution in [0.5, 0.6) is 0 Å². The summed E-state index contributed by atoms with van der Waals surface area (Å²) in [5.41, 5.74) is 7.29. The minimum absolute atomic E-state index is 0.218. The van der Waals surface area contributed by atoms with Gasteiger partial charge in [0.05, 0.1) is 12.0 Å².